The number of fused-ring (bicyclic) bond motifs is 7. The van der Waals surface area contributed by atoms with Crippen molar-refractivity contribution >= 4 is 11.9 Å². The van der Waals surface area contributed by atoms with Crippen molar-refractivity contribution in [2.24, 2.45) is 50.2 Å². The van der Waals surface area contributed by atoms with Gasteiger partial charge >= 0.3 is 11.9 Å². The van der Waals surface area contributed by atoms with Crippen LogP contribution in [-0.4, -0.2) is 191 Å². The number of allylic oxidation sites excluding steroid dienone is 2. The largest absolute Gasteiger partial charge is 0.481 e. The number of aliphatic hydroxyl groups is 10. The van der Waals surface area contributed by atoms with Crippen LogP contribution in [0.4, 0.5) is 0 Å². The van der Waals surface area contributed by atoms with E-state index in [9.17, 15) is 70.9 Å². The normalized spacial score (nSPS) is 56.0. The molecule has 3 aliphatic heterocycles. The molecular formula is C48H76O20. The van der Waals surface area contributed by atoms with Gasteiger partial charge in [-0.3, -0.25) is 4.79 Å². The Morgan fingerprint density at radius 2 is 1.29 bits per heavy atom. The molecule has 7 fully saturated rings. The number of carbonyl (C=O) groups is 2. The van der Waals surface area contributed by atoms with E-state index < -0.39 is 139 Å². The first-order valence-corrected chi connectivity index (χ1v) is 24.4. The quantitative estimate of drug-likeness (QED) is 0.0994. The van der Waals surface area contributed by atoms with Crippen LogP contribution in [0.5, 0.6) is 0 Å². The van der Waals surface area contributed by atoms with Crippen molar-refractivity contribution in [3.63, 3.8) is 0 Å². The van der Waals surface area contributed by atoms with E-state index >= 15 is 0 Å². The Morgan fingerprint density at radius 1 is 0.662 bits per heavy atom. The van der Waals surface area contributed by atoms with E-state index in [2.05, 4.69) is 33.8 Å². The lowest BCUT2D eigenvalue weighted by Gasteiger charge is -2.71. The summed E-state index contributed by atoms with van der Waals surface area (Å²) in [6.45, 7) is 13.0. The maximum atomic E-state index is 12.9. The Bertz CT molecular complexity index is 1920. The van der Waals surface area contributed by atoms with Gasteiger partial charge in [0, 0.05) is 10.8 Å². The fourth-order valence-electron chi connectivity index (χ4n) is 15.1. The van der Waals surface area contributed by atoms with Gasteiger partial charge in [0.2, 0.25) is 0 Å². The van der Waals surface area contributed by atoms with Crippen LogP contribution in [0.15, 0.2) is 11.6 Å². The minimum Gasteiger partial charge on any atom is -0.481 e. The number of carboxylic acid groups (broad SMARTS) is 2. The molecule has 26 atom stereocenters. The van der Waals surface area contributed by atoms with Crippen LogP contribution in [0.25, 0.3) is 0 Å². The summed E-state index contributed by atoms with van der Waals surface area (Å²) < 4.78 is 35.3. The molecule has 8 rings (SSSR count). The molecule has 0 aromatic carbocycles. The van der Waals surface area contributed by atoms with Crippen LogP contribution in [-0.2, 0) is 38.0 Å². The number of aliphatic carboxylic acids is 2. The molecule has 0 radical (unpaired) electrons. The number of aliphatic hydroxyl groups excluding tert-OH is 10. The number of hydrogen-bond acceptors (Lipinski definition) is 18. The SMILES string of the molecule is CC1OC(OC2C(OC3C(C(=O)O)OC(OC4CCC5(C)C(CCC6(C)C5CC=C5C7CC(C)(C(=O)O)CC(O)C7(C)CCC56C)C4(C)CO)C(O)C3O)OC(CO)C(O)C2O)C(O)C(O)C1O. The highest BCUT2D eigenvalue weighted by molar-refractivity contribution is 5.75. The summed E-state index contributed by atoms with van der Waals surface area (Å²) >= 11 is 0. The Balaban J connectivity index is 1.01. The van der Waals surface area contributed by atoms with Gasteiger partial charge in [0.1, 0.15) is 61.0 Å². The molecule has 68 heavy (non-hydrogen) atoms. The average molecular weight is 973 g/mol. The lowest BCUT2D eigenvalue weighted by Crippen LogP contribution is -2.68. The summed E-state index contributed by atoms with van der Waals surface area (Å²) in [5.74, 6) is -2.61. The molecule has 26 unspecified atom stereocenters. The molecule has 0 spiro atoms. The molecule has 8 aliphatic rings. The second-order valence-electron chi connectivity index (χ2n) is 23.3. The highest BCUT2D eigenvalue weighted by Crippen LogP contribution is 2.76. The molecule has 5 aliphatic carbocycles. The maximum absolute atomic E-state index is 12.9. The van der Waals surface area contributed by atoms with Gasteiger partial charge in [0.15, 0.2) is 25.0 Å². The minimum absolute atomic E-state index is 0.0972. The van der Waals surface area contributed by atoms with Crippen LogP contribution in [0.2, 0.25) is 0 Å². The van der Waals surface area contributed by atoms with E-state index in [1.165, 1.54) is 12.5 Å². The molecule has 3 heterocycles. The van der Waals surface area contributed by atoms with Crippen molar-refractivity contribution in [3.05, 3.63) is 11.6 Å². The fraction of sp³-hybridized carbons (Fsp3) is 0.917. The van der Waals surface area contributed by atoms with E-state index in [1.54, 1.807) is 6.92 Å². The summed E-state index contributed by atoms with van der Waals surface area (Å²) in [4.78, 5) is 25.5. The molecule has 0 aromatic heterocycles. The van der Waals surface area contributed by atoms with Crippen LogP contribution >= 0.6 is 0 Å². The second-order valence-corrected chi connectivity index (χ2v) is 23.3. The number of rotatable bonds is 10. The standard InChI is InChI=1S/C48H76O20/c1-20-28(52)30(54)33(57)39(63-20)67-36-31(55)29(53)23(18-49)64-41(36)66-35-32(56)34(58)40(68-37(35)38(59)60)65-27-11-12-45(4)24(46(27,5)19-50)10-13-48(7)25(45)9-8-21-22-16-43(2,42(61)62)17-26(51)44(22,3)14-15-47(21,48)6/h8,20,22-37,39-41,49-58H,9-19H2,1-7H3,(H,59,60)(H,61,62). The van der Waals surface area contributed by atoms with E-state index in [-0.39, 0.29) is 47.0 Å². The Labute approximate surface area is 396 Å². The topological polar surface area (TPSA) is 332 Å². The zero-order valence-electron chi connectivity index (χ0n) is 40.0. The number of ether oxygens (including phenoxy) is 6. The molecule has 20 nitrogen and oxygen atoms in total. The molecule has 20 heteroatoms. The molecule has 0 bridgehead atoms. The van der Waals surface area contributed by atoms with Crippen molar-refractivity contribution < 1.29 is 99.3 Å². The van der Waals surface area contributed by atoms with E-state index in [0.717, 1.165) is 25.7 Å². The van der Waals surface area contributed by atoms with Crippen LogP contribution < -0.4 is 0 Å². The second kappa shape index (κ2) is 18.2. The first kappa shape index (κ1) is 52.4. The average Bonchev–Trinajstić information content (AvgIpc) is 3.28. The summed E-state index contributed by atoms with van der Waals surface area (Å²) in [6, 6.07) is 0. The van der Waals surface area contributed by atoms with Crippen molar-refractivity contribution in [1.29, 1.82) is 0 Å². The van der Waals surface area contributed by atoms with Crippen molar-refractivity contribution in [3.8, 4) is 0 Å². The third-order valence-electron chi connectivity index (χ3n) is 19.8. The van der Waals surface area contributed by atoms with Crippen molar-refractivity contribution in [2.45, 2.75) is 211 Å². The lowest BCUT2D eigenvalue weighted by atomic mass is 9.33. The zero-order valence-corrected chi connectivity index (χ0v) is 40.0. The Hall–Kier alpha value is -1.96. The Morgan fingerprint density at radius 3 is 1.93 bits per heavy atom. The predicted octanol–water partition coefficient (Wildman–Crippen LogP) is -0.231. The van der Waals surface area contributed by atoms with E-state index in [0.29, 0.717) is 25.7 Å². The monoisotopic (exact) mass is 972 g/mol. The third-order valence-corrected chi connectivity index (χ3v) is 19.8. The molecule has 0 amide bonds. The highest BCUT2D eigenvalue weighted by atomic mass is 16.8. The van der Waals surface area contributed by atoms with Gasteiger partial charge in [0.05, 0.1) is 36.9 Å². The van der Waals surface area contributed by atoms with Crippen molar-refractivity contribution in [1.82, 2.24) is 0 Å². The fourth-order valence-corrected chi connectivity index (χ4v) is 15.1. The molecular weight excluding hydrogens is 897 g/mol. The summed E-state index contributed by atoms with van der Waals surface area (Å²) in [7, 11) is 0. The van der Waals surface area contributed by atoms with Gasteiger partial charge in [-0.15, -0.1) is 0 Å². The first-order chi connectivity index (χ1) is 31.7. The van der Waals surface area contributed by atoms with Crippen LogP contribution in [0.3, 0.4) is 0 Å². The molecule has 388 valence electrons. The zero-order chi connectivity index (χ0) is 50.0. The summed E-state index contributed by atoms with van der Waals surface area (Å²) in [5, 5.41) is 130. The van der Waals surface area contributed by atoms with Gasteiger partial charge in [-0.05, 0) is 106 Å². The maximum Gasteiger partial charge on any atom is 0.335 e. The van der Waals surface area contributed by atoms with Gasteiger partial charge in [-0.1, -0.05) is 46.3 Å². The van der Waals surface area contributed by atoms with Gasteiger partial charge in [-0.2, -0.15) is 0 Å². The first-order valence-electron chi connectivity index (χ1n) is 24.4. The summed E-state index contributed by atoms with van der Waals surface area (Å²) in [6.07, 6.45) is -20.5. The third kappa shape index (κ3) is 7.85. The van der Waals surface area contributed by atoms with Gasteiger partial charge in [0.25, 0.3) is 0 Å². The van der Waals surface area contributed by atoms with Crippen molar-refractivity contribution in [2.75, 3.05) is 13.2 Å². The van der Waals surface area contributed by atoms with Gasteiger partial charge < -0.3 is 89.7 Å². The summed E-state index contributed by atoms with van der Waals surface area (Å²) in [5.41, 5.74) is -2.01. The van der Waals surface area contributed by atoms with E-state index in [4.69, 9.17) is 28.4 Å². The minimum atomic E-state index is -2.06. The van der Waals surface area contributed by atoms with Crippen LogP contribution in [0, 0.1) is 50.2 Å². The number of hydrogen-bond donors (Lipinski definition) is 12. The molecule has 3 saturated heterocycles. The molecule has 12 N–H and O–H groups in total. The smallest absolute Gasteiger partial charge is 0.335 e. The van der Waals surface area contributed by atoms with Gasteiger partial charge in [-0.25, -0.2) is 4.79 Å². The lowest BCUT2D eigenvalue weighted by molar-refractivity contribution is -0.388. The predicted molar refractivity (Wildman–Crippen MR) is 233 cm³/mol. The molecule has 4 saturated carbocycles. The van der Waals surface area contributed by atoms with E-state index in [1.807, 2.05) is 6.92 Å². The highest BCUT2D eigenvalue weighted by Gasteiger charge is 2.70. The van der Waals surface area contributed by atoms with Crippen LogP contribution in [0.1, 0.15) is 106 Å². The number of carboxylic acids is 2. The Kier molecular flexibility index (Phi) is 14.0. The molecule has 0 aromatic rings.